The molecule has 0 aliphatic heterocycles. The molecule has 0 bridgehead atoms. The van der Waals surface area contributed by atoms with Crippen LogP contribution in [0.1, 0.15) is 22.9 Å². The molecule has 1 aromatic carbocycles. The SMILES string of the molecule is Cc1cc(CC(O)c2ccccc2)ccn1. The minimum atomic E-state index is -0.442. The van der Waals surface area contributed by atoms with Gasteiger partial charge in [-0.1, -0.05) is 30.3 Å². The summed E-state index contributed by atoms with van der Waals surface area (Å²) in [5.41, 5.74) is 3.05. The minimum absolute atomic E-state index is 0.442. The molecule has 2 nitrogen and oxygen atoms in total. The lowest BCUT2D eigenvalue weighted by Gasteiger charge is -2.10. The van der Waals surface area contributed by atoms with Gasteiger partial charge in [0.05, 0.1) is 6.10 Å². The van der Waals surface area contributed by atoms with Gasteiger partial charge >= 0.3 is 0 Å². The van der Waals surface area contributed by atoms with Gasteiger partial charge in [-0.15, -0.1) is 0 Å². The van der Waals surface area contributed by atoms with Crippen LogP contribution in [0.25, 0.3) is 0 Å². The molecule has 1 unspecified atom stereocenters. The van der Waals surface area contributed by atoms with Crippen molar-refractivity contribution in [2.24, 2.45) is 0 Å². The van der Waals surface area contributed by atoms with E-state index in [-0.39, 0.29) is 0 Å². The van der Waals surface area contributed by atoms with Crippen LogP contribution in [0, 0.1) is 6.92 Å². The lowest BCUT2D eigenvalue weighted by atomic mass is 10.0. The largest absolute Gasteiger partial charge is 0.388 e. The van der Waals surface area contributed by atoms with Gasteiger partial charge in [0, 0.05) is 18.3 Å². The van der Waals surface area contributed by atoms with Crippen molar-refractivity contribution in [3.63, 3.8) is 0 Å². The number of pyridine rings is 1. The molecule has 1 N–H and O–H groups in total. The Morgan fingerprint density at radius 2 is 1.94 bits per heavy atom. The van der Waals surface area contributed by atoms with E-state index in [2.05, 4.69) is 4.98 Å². The van der Waals surface area contributed by atoms with Crippen LogP contribution in [0.4, 0.5) is 0 Å². The van der Waals surface area contributed by atoms with E-state index in [0.717, 1.165) is 16.8 Å². The number of aliphatic hydroxyl groups excluding tert-OH is 1. The number of rotatable bonds is 3. The van der Waals surface area contributed by atoms with Crippen molar-refractivity contribution in [2.75, 3.05) is 0 Å². The molecule has 0 aliphatic rings. The zero-order valence-electron chi connectivity index (χ0n) is 9.30. The second kappa shape index (κ2) is 4.90. The van der Waals surface area contributed by atoms with Crippen LogP contribution in [0.15, 0.2) is 48.7 Å². The summed E-state index contributed by atoms with van der Waals surface area (Å²) < 4.78 is 0. The fraction of sp³-hybridized carbons (Fsp3) is 0.214. The van der Waals surface area contributed by atoms with Crippen molar-refractivity contribution in [3.8, 4) is 0 Å². The van der Waals surface area contributed by atoms with Crippen molar-refractivity contribution in [1.29, 1.82) is 0 Å². The number of hydrogen-bond acceptors (Lipinski definition) is 2. The van der Waals surface area contributed by atoms with Crippen LogP contribution in [-0.4, -0.2) is 10.1 Å². The Morgan fingerprint density at radius 1 is 1.19 bits per heavy atom. The summed E-state index contributed by atoms with van der Waals surface area (Å²) >= 11 is 0. The summed E-state index contributed by atoms with van der Waals surface area (Å²) in [6.45, 7) is 1.96. The highest BCUT2D eigenvalue weighted by atomic mass is 16.3. The standard InChI is InChI=1S/C14H15NO/c1-11-9-12(7-8-15-11)10-14(16)13-5-3-2-4-6-13/h2-9,14,16H,10H2,1H3. The fourth-order valence-corrected chi connectivity index (χ4v) is 1.75. The number of aromatic nitrogens is 1. The van der Waals surface area contributed by atoms with Gasteiger partial charge in [0.1, 0.15) is 0 Å². The van der Waals surface area contributed by atoms with E-state index < -0.39 is 6.10 Å². The van der Waals surface area contributed by atoms with Gasteiger partial charge in [-0.2, -0.15) is 0 Å². The predicted octanol–water partition coefficient (Wildman–Crippen LogP) is 2.67. The molecule has 2 aromatic rings. The van der Waals surface area contributed by atoms with Crippen LogP contribution < -0.4 is 0 Å². The summed E-state index contributed by atoms with van der Waals surface area (Å²) in [5.74, 6) is 0. The van der Waals surface area contributed by atoms with Gasteiger partial charge in [0.2, 0.25) is 0 Å². The van der Waals surface area contributed by atoms with Crippen molar-refractivity contribution < 1.29 is 5.11 Å². The molecule has 0 spiro atoms. The Bertz CT molecular complexity index is 453. The van der Waals surface area contributed by atoms with Crippen molar-refractivity contribution in [3.05, 3.63) is 65.5 Å². The number of nitrogens with zero attached hydrogens (tertiary/aromatic N) is 1. The lowest BCUT2D eigenvalue weighted by Crippen LogP contribution is -2.01. The van der Waals surface area contributed by atoms with Gasteiger partial charge in [0.15, 0.2) is 0 Å². The molecule has 1 aromatic heterocycles. The average molecular weight is 213 g/mol. The third-order valence-electron chi connectivity index (χ3n) is 2.57. The number of aliphatic hydroxyl groups is 1. The van der Waals surface area contributed by atoms with Crippen molar-refractivity contribution >= 4 is 0 Å². The van der Waals surface area contributed by atoms with Crippen LogP contribution in [0.3, 0.4) is 0 Å². The molecule has 16 heavy (non-hydrogen) atoms. The Morgan fingerprint density at radius 3 is 2.62 bits per heavy atom. The molecule has 2 rings (SSSR count). The molecule has 0 fully saturated rings. The molecule has 1 atom stereocenters. The second-order valence-corrected chi connectivity index (χ2v) is 3.94. The molecule has 1 heterocycles. The Balaban J connectivity index is 2.11. The van der Waals surface area contributed by atoms with E-state index in [1.165, 1.54) is 0 Å². The highest BCUT2D eigenvalue weighted by Crippen LogP contribution is 2.17. The zero-order valence-corrected chi connectivity index (χ0v) is 9.30. The second-order valence-electron chi connectivity index (χ2n) is 3.94. The first kappa shape index (κ1) is 10.8. The number of aryl methyl sites for hydroxylation is 1. The van der Waals surface area contributed by atoms with Gasteiger partial charge in [-0.3, -0.25) is 4.98 Å². The number of hydrogen-bond donors (Lipinski definition) is 1. The normalized spacial score (nSPS) is 12.4. The summed E-state index contributed by atoms with van der Waals surface area (Å²) in [6.07, 6.45) is 1.97. The first-order valence-electron chi connectivity index (χ1n) is 5.40. The third-order valence-corrected chi connectivity index (χ3v) is 2.57. The van der Waals surface area contributed by atoms with E-state index in [1.54, 1.807) is 6.20 Å². The van der Waals surface area contributed by atoms with Gasteiger partial charge in [0.25, 0.3) is 0 Å². The number of benzene rings is 1. The Hall–Kier alpha value is -1.67. The summed E-state index contributed by atoms with van der Waals surface area (Å²) in [5, 5.41) is 10.0. The van der Waals surface area contributed by atoms with Crippen LogP contribution in [0.2, 0.25) is 0 Å². The molecule has 2 heteroatoms. The van der Waals surface area contributed by atoms with Gasteiger partial charge in [-0.05, 0) is 30.2 Å². The van der Waals surface area contributed by atoms with E-state index in [9.17, 15) is 5.11 Å². The minimum Gasteiger partial charge on any atom is -0.388 e. The van der Waals surface area contributed by atoms with E-state index in [4.69, 9.17) is 0 Å². The molecule has 0 amide bonds. The maximum absolute atomic E-state index is 10.0. The monoisotopic (exact) mass is 213 g/mol. The highest BCUT2D eigenvalue weighted by Gasteiger charge is 2.07. The average Bonchev–Trinajstić information content (AvgIpc) is 2.30. The van der Waals surface area contributed by atoms with E-state index in [0.29, 0.717) is 6.42 Å². The third kappa shape index (κ3) is 2.67. The first-order valence-corrected chi connectivity index (χ1v) is 5.40. The summed E-state index contributed by atoms with van der Waals surface area (Å²) in [6, 6.07) is 13.7. The quantitative estimate of drug-likeness (QED) is 0.850. The maximum atomic E-state index is 10.0. The van der Waals surface area contributed by atoms with Crippen LogP contribution in [-0.2, 0) is 6.42 Å². The predicted molar refractivity (Wildman–Crippen MR) is 64.1 cm³/mol. The Labute approximate surface area is 95.6 Å². The smallest absolute Gasteiger partial charge is 0.0830 e. The molecule has 0 radical (unpaired) electrons. The Kier molecular flexibility index (Phi) is 3.32. The molecular weight excluding hydrogens is 198 g/mol. The van der Waals surface area contributed by atoms with E-state index >= 15 is 0 Å². The van der Waals surface area contributed by atoms with Gasteiger partial charge < -0.3 is 5.11 Å². The first-order chi connectivity index (χ1) is 7.75. The molecule has 0 saturated heterocycles. The van der Waals surface area contributed by atoms with Crippen LogP contribution >= 0.6 is 0 Å². The van der Waals surface area contributed by atoms with Crippen LogP contribution in [0.5, 0.6) is 0 Å². The zero-order chi connectivity index (χ0) is 11.4. The highest BCUT2D eigenvalue weighted by molar-refractivity contribution is 5.22. The molecule has 0 saturated carbocycles. The fourth-order valence-electron chi connectivity index (χ4n) is 1.75. The molecular formula is C14H15NO. The summed E-state index contributed by atoms with van der Waals surface area (Å²) in [7, 11) is 0. The maximum Gasteiger partial charge on any atom is 0.0830 e. The summed E-state index contributed by atoms with van der Waals surface area (Å²) in [4.78, 5) is 4.14. The van der Waals surface area contributed by atoms with Gasteiger partial charge in [-0.25, -0.2) is 0 Å². The van der Waals surface area contributed by atoms with E-state index in [1.807, 2.05) is 49.4 Å². The lowest BCUT2D eigenvalue weighted by molar-refractivity contribution is 0.178. The molecule has 82 valence electrons. The van der Waals surface area contributed by atoms with Crippen molar-refractivity contribution in [1.82, 2.24) is 4.98 Å². The topological polar surface area (TPSA) is 33.1 Å². The molecule has 0 aliphatic carbocycles. The van der Waals surface area contributed by atoms with Crippen molar-refractivity contribution in [2.45, 2.75) is 19.4 Å².